The number of halogens is 3. The van der Waals surface area contributed by atoms with Crippen LogP contribution in [0.25, 0.3) is 6.08 Å². The molecule has 0 unspecified atom stereocenters. The number of anilines is 1. The maximum absolute atomic E-state index is 12.9. The van der Waals surface area contributed by atoms with E-state index in [0.29, 0.717) is 0 Å². The van der Waals surface area contributed by atoms with E-state index >= 15 is 0 Å². The summed E-state index contributed by atoms with van der Waals surface area (Å²) < 4.78 is 74.3. The molecule has 0 saturated heterocycles. The summed E-state index contributed by atoms with van der Waals surface area (Å²) in [6.07, 6.45) is -3.42. The normalized spacial score (nSPS) is 11.9. The smallest absolute Gasteiger partial charge is 0.416 e. The van der Waals surface area contributed by atoms with E-state index in [1.165, 1.54) is 49.6 Å². The van der Waals surface area contributed by atoms with Gasteiger partial charge in [-0.1, -0.05) is 29.8 Å². The number of carbonyl (C=O) groups is 1. The molecular weight excluding hydrogens is 497 g/mol. The first-order chi connectivity index (χ1) is 16.9. The second-order valence-corrected chi connectivity index (χ2v) is 9.01. The van der Waals surface area contributed by atoms with Crippen LogP contribution in [-0.2, 0) is 21.1 Å². The number of methoxy groups -OCH3 is 1. The van der Waals surface area contributed by atoms with Crippen LogP contribution in [-0.4, -0.2) is 21.4 Å². The fourth-order valence-electron chi connectivity index (χ4n) is 3.00. The van der Waals surface area contributed by atoms with E-state index in [2.05, 4.69) is 5.32 Å². The number of ether oxygens (including phenoxy) is 1. The Morgan fingerprint density at radius 3 is 2.33 bits per heavy atom. The van der Waals surface area contributed by atoms with Crippen molar-refractivity contribution < 1.29 is 35.3 Å². The minimum atomic E-state index is -4.60. The van der Waals surface area contributed by atoms with Crippen molar-refractivity contribution in [1.29, 1.82) is 5.26 Å². The van der Waals surface area contributed by atoms with Gasteiger partial charge in [0.05, 0.1) is 12.7 Å². The summed E-state index contributed by atoms with van der Waals surface area (Å²) in [5.41, 5.74) is -0.353. The van der Waals surface area contributed by atoms with Gasteiger partial charge in [-0.15, -0.1) is 0 Å². The zero-order chi connectivity index (χ0) is 26.5. The maximum atomic E-state index is 12.9. The summed E-state index contributed by atoms with van der Waals surface area (Å²) in [5, 5.41) is 11.7. The van der Waals surface area contributed by atoms with Crippen molar-refractivity contribution in [1.82, 2.24) is 0 Å². The first-order valence-corrected chi connectivity index (χ1v) is 11.6. The van der Waals surface area contributed by atoms with Crippen molar-refractivity contribution in [2.75, 3.05) is 12.4 Å². The number of carbonyl (C=O) groups excluding carboxylic acids is 1. The predicted octanol–water partition coefficient (Wildman–Crippen LogP) is 5.34. The molecule has 0 atom stereocenters. The molecule has 3 aromatic carbocycles. The summed E-state index contributed by atoms with van der Waals surface area (Å²) >= 11 is 0. The van der Waals surface area contributed by atoms with Crippen LogP contribution in [0.1, 0.15) is 16.7 Å². The van der Waals surface area contributed by atoms with Crippen molar-refractivity contribution in [3.8, 4) is 17.6 Å². The molecule has 0 bridgehead atoms. The van der Waals surface area contributed by atoms with Crippen LogP contribution >= 0.6 is 0 Å². The molecule has 0 aliphatic heterocycles. The van der Waals surface area contributed by atoms with Gasteiger partial charge in [0.15, 0.2) is 11.5 Å². The van der Waals surface area contributed by atoms with E-state index in [-0.39, 0.29) is 27.6 Å². The number of amides is 1. The highest BCUT2D eigenvalue weighted by Gasteiger charge is 2.30. The van der Waals surface area contributed by atoms with Gasteiger partial charge in [-0.25, -0.2) is 0 Å². The highest BCUT2D eigenvalue weighted by atomic mass is 32.2. The molecule has 3 rings (SSSR count). The van der Waals surface area contributed by atoms with Gasteiger partial charge in [-0.05, 0) is 61.0 Å². The van der Waals surface area contributed by atoms with Crippen LogP contribution < -0.4 is 14.2 Å². The van der Waals surface area contributed by atoms with Crippen LogP contribution in [0, 0.1) is 18.3 Å². The van der Waals surface area contributed by atoms with E-state index in [0.717, 1.165) is 23.8 Å². The molecular formula is C25H19F3N2O5S. The average Bonchev–Trinajstić information content (AvgIpc) is 2.83. The Kier molecular flexibility index (Phi) is 7.70. The molecule has 0 radical (unpaired) electrons. The average molecular weight is 516 g/mol. The lowest BCUT2D eigenvalue weighted by Gasteiger charge is -2.12. The topological polar surface area (TPSA) is 105 Å². The molecule has 186 valence electrons. The standard InChI is InChI=1S/C25H19F3N2O5S/c1-16-6-9-21(10-7-16)36(32,33)35-22-11-8-17(13-23(22)34-2)12-18(15-29)24(31)30-20-5-3-4-19(14-20)25(26,27)28/h3-14H,1-2H3,(H,30,31)/b18-12+. The molecule has 0 aliphatic carbocycles. The number of hydrogen-bond acceptors (Lipinski definition) is 6. The number of alkyl halides is 3. The van der Waals surface area contributed by atoms with Gasteiger partial charge >= 0.3 is 16.3 Å². The Bertz CT molecular complexity index is 1460. The lowest BCUT2D eigenvalue weighted by Crippen LogP contribution is -2.14. The molecule has 3 aromatic rings. The fraction of sp³-hybridized carbons (Fsp3) is 0.120. The Hall–Kier alpha value is -4.30. The summed E-state index contributed by atoms with van der Waals surface area (Å²) in [5.74, 6) is -1.05. The molecule has 1 amide bonds. The van der Waals surface area contributed by atoms with Crippen molar-refractivity contribution in [3.63, 3.8) is 0 Å². The summed E-state index contributed by atoms with van der Waals surface area (Å²) in [6.45, 7) is 1.81. The first-order valence-electron chi connectivity index (χ1n) is 10.2. The molecule has 1 N–H and O–H groups in total. The number of aryl methyl sites for hydroxylation is 1. The van der Waals surface area contributed by atoms with Gasteiger partial charge < -0.3 is 14.2 Å². The number of nitrogens with one attached hydrogen (secondary N) is 1. The lowest BCUT2D eigenvalue weighted by atomic mass is 10.1. The molecule has 0 aromatic heterocycles. The molecule has 0 aliphatic rings. The summed E-state index contributed by atoms with van der Waals surface area (Å²) in [6, 6.07) is 15.7. The monoisotopic (exact) mass is 516 g/mol. The number of nitrogens with zero attached hydrogens (tertiary/aromatic N) is 1. The zero-order valence-electron chi connectivity index (χ0n) is 19.0. The fourth-order valence-corrected chi connectivity index (χ4v) is 3.94. The van der Waals surface area contributed by atoms with Crippen LogP contribution in [0.5, 0.6) is 11.5 Å². The minimum absolute atomic E-state index is 0.00927. The van der Waals surface area contributed by atoms with Gasteiger partial charge in [-0.3, -0.25) is 4.79 Å². The Morgan fingerprint density at radius 1 is 1.03 bits per heavy atom. The maximum Gasteiger partial charge on any atom is 0.416 e. The van der Waals surface area contributed by atoms with E-state index in [1.807, 2.05) is 6.92 Å². The van der Waals surface area contributed by atoms with Crippen molar-refractivity contribution in [2.45, 2.75) is 18.0 Å². The highest BCUT2D eigenvalue weighted by Crippen LogP contribution is 2.32. The van der Waals surface area contributed by atoms with Crippen molar-refractivity contribution in [2.24, 2.45) is 0 Å². The van der Waals surface area contributed by atoms with Crippen molar-refractivity contribution in [3.05, 3.63) is 89.0 Å². The largest absolute Gasteiger partial charge is 0.493 e. The van der Waals surface area contributed by atoms with E-state index < -0.39 is 33.3 Å². The number of benzene rings is 3. The third kappa shape index (κ3) is 6.43. The highest BCUT2D eigenvalue weighted by molar-refractivity contribution is 7.87. The Labute approximate surface area is 205 Å². The van der Waals surface area contributed by atoms with Gasteiger partial charge in [0.2, 0.25) is 0 Å². The number of hydrogen-bond donors (Lipinski definition) is 1. The van der Waals surface area contributed by atoms with Gasteiger partial charge in [-0.2, -0.15) is 26.9 Å². The minimum Gasteiger partial charge on any atom is -0.493 e. The molecule has 0 heterocycles. The van der Waals surface area contributed by atoms with Gasteiger partial charge in [0.25, 0.3) is 5.91 Å². The summed E-state index contributed by atoms with van der Waals surface area (Å²) in [7, 11) is -2.88. The van der Waals surface area contributed by atoms with Crippen LogP contribution in [0.15, 0.2) is 77.2 Å². The third-order valence-corrected chi connectivity index (χ3v) is 6.07. The molecule has 36 heavy (non-hydrogen) atoms. The van der Waals surface area contributed by atoms with Crippen LogP contribution in [0.2, 0.25) is 0 Å². The lowest BCUT2D eigenvalue weighted by molar-refractivity contribution is -0.137. The summed E-state index contributed by atoms with van der Waals surface area (Å²) in [4.78, 5) is 12.4. The molecule has 11 heteroatoms. The van der Waals surface area contributed by atoms with E-state index in [1.54, 1.807) is 18.2 Å². The zero-order valence-corrected chi connectivity index (χ0v) is 19.8. The van der Waals surface area contributed by atoms with Gasteiger partial charge in [0, 0.05) is 5.69 Å². The second-order valence-electron chi connectivity index (χ2n) is 7.46. The second kappa shape index (κ2) is 10.5. The van der Waals surface area contributed by atoms with E-state index in [4.69, 9.17) is 8.92 Å². The Morgan fingerprint density at radius 2 is 1.72 bits per heavy atom. The van der Waals surface area contributed by atoms with Crippen molar-refractivity contribution >= 4 is 27.8 Å². The van der Waals surface area contributed by atoms with Gasteiger partial charge in [0.1, 0.15) is 16.5 Å². The first kappa shape index (κ1) is 26.3. The molecule has 0 spiro atoms. The van der Waals surface area contributed by atoms with Crippen LogP contribution in [0.4, 0.5) is 18.9 Å². The Balaban J connectivity index is 1.83. The quantitative estimate of drug-likeness (QED) is 0.258. The predicted molar refractivity (Wildman–Crippen MR) is 126 cm³/mol. The molecule has 0 fully saturated rings. The van der Waals surface area contributed by atoms with E-state index in [9.17, 15) is 31.6 Å². The number of nitriles is 1. The molecule has 0 saturated carbocycles. The number of rotatable bonds is 7. The van der Waals surface area contributed by atoms with Crippen LogP contribution in [0.3, 0.4) is 0 Å². The third-order valence-electron chi connectivity index (χ3n) is 4.82. The molecule has 7 nitrogen and oxygen atoms in total. The SMILES string of the molecule is COc1cc(/C=C(\C#N)C(=O)Nc2cccc(C(F)(F)F)c2)ccc1OS(=O)(=O)c1ccc(C)cc1.